The van der Waals surface area contributed by atoms with Gasteiger partial charge < -0.3 is 4.74 Å². The van der Waals surface area contributed by atoms with Gasteiger partial charge in [-0.25, -0.2) is 9.10 Å². The summed E-state index contributed by atoms with van der Waals surface area (Å²) < 4.78 is 11.7. The second-order valence-electron chi connectivity index (χ2n) is 4.01. The van der Waals surface area contributed by atoms with Crippen LogP contribution in [0.25, 0.3) is 0 Å². The van der Waals surface area contributed by atoms with E-state index in [1.165, 1.54) is 4.31 Å². The Hall–Kier alpha value is -0.420. The van der Waals surface area contributed by atoms with Gasteiger partial charge in [0.15, 0.2) is 0 Å². The molecular weight excluding hydrogens is 190 g/mol. The summed E-state index contributed by atoms with van der Waals surface area (Å²) in [6, 6.07) is 0.0832. The van der Waals surface area contributed by atoms with Crippen LogP contribution in [0.15, 0.2) is 0 Å². The Morgan fingerprint density at radius 1 is 1.62 bits per heavy atom. The predicted octanol–water partition coefficient (Wildman–Crippen LogP) is 2.21. The van der Waals surface area contributed by atoms with Crippen molar-refractivity contribution in [1.82, 2.24) is 4.31 Å². The van der Waals surface area contributed by atoms with Gasteiger partial charge in [0, 0.05) is 0 Å². The Morgan fingerprint density at radius 3 is 2.62 bits per heavy atom. The number of amides is 1. The fourth-order valence-electron chi connectivity index (χ4n) is 0.844. The monoisotopic (exact) mass is 205 g/mol. The molecule has 13 heavy (non-hydrogen) atoms. The van der Waals surface area contributed by atoms with Crippen LogP contribution in [0.2, 0.25) is 0 Å². The van der Waals surface area contributed by atoms with E-state index >= 15 is 0 Å². The molecular formula is C8H15NO3S. The zero-order valence-electron chi connectivity index (χ0n) is 8.36. The van der Waals surface area contributed by atoms with E-state index in [1.807, 2.05) is 27.7 Å². The summed E-state index contributed by atoms with van der Waals surface area (Å²) in [6.07, 6.45) is -0.331. The van der Waals surface area contributed by atoms with Crippen molar-refractivity contribution in [3.8, 4) is 0 Å². The van der Waals surface area contributed by atoms with Crippen LogP contribution >= 0.6 is 12.2 Å². The number of carbonyl (C=O) groups excluding carboxylic acids is 1. The van der Waals surface area contributed by atoms with E-state index in [0.717, 1.165) is 12.2 Å². The van der Waals surface area contributed by atoms with Crippen molar-refractivity contribution in [3.63, 3.8) is 0 Å². The molecule has 1 fully saturated rings. The summed E-state index contributed by atoms with van der Waals surface area (Å²) in [7, 11) is 0. The maximum absolute atomic E-state index is 11.5. The molecule has 0 aromatic rings. The van der Waals surface area contributed by atoms with Crippen molar-refractivity contribution in [3.05, 3.63) is 0 Å². The van der Waals surface area contributed by atoms with Crippen LogP contribution < -0.4 is 0 Å². The van der Waals surface area contributed by atoms with Gasteiger partial charge >= 0.3 is 6.09 Å². The van der Waals surface area contributed by atoms with E-state index in [1.54, 1.807) is 0 Å². The van der Waals surface area contributed by atoms with E-state index in [-0.39, 0.29) is 12.1 Å². The molecule has 0 radical (unpaired) electrons. The lowest BCUT2D eigenvalue weighted by Gasteiger charge is -2.24. The van der Waals surface area contributed by atoms with Gasteiger partial charge in [-0.1, -0.05) is 0 Å². The highest BCUT2D eigenvalue weighted by Crippen LogP contribution is 2.26. The molecule has 0 N–H and O–H groups in total. The molecule has 0 unspecified atom stereocenters. The molecule has 4 nitrogen and oxygen atoms in total. The van der Waals surface area contributed by atoms with Crippen LogP contribution in [-0.4, -0.2) is 28.6 Å². The van der Waals surface area contributed by atoms with Crippen molar-refractivity contribution in [1.29, 1.82) is 0 Å². The first-order chi connectivity index (χ1) is 5.90. The SMILES string of the molecule is C[C@H]1COSN1C(=O)OC(C)(C)C. The summed E-state index contributed by atoms with van der Waals surface area (Å²) in [5.74, 6) is 0. The van der Waals surface area contributed by atoms with E-state index in [2.05, 4.69) is 0 Å². The summed E-state index contributed by atoms with van der Waals surface area (Å²) in [5.41, 5.74) is -0.444. The fraction of sp³-hybridized carbons (Fsp3) is 0.875. The molecule has 0 aromatic heterocycles. The summed E-state index contributed by atoms with van der Waals surface area (Å²) >= 11 is 1.06. The molecule has 0 bridgehead atoms. The third-order valence-electron chi connectivity index (χ3n) is 1.42. The first-order valence-corrected chi connectivity index (χ1v) is 4.92. The Kier molecular flexibility index (Phi) is 3.08. The lowest BCUT2D eigenvalue weighted by molar-refractivity contribution is 0.0377. The second-order valence-corrected chi connectivity index (χ2v) is 4.79. The minimum Gasteiger partial charge on any atom is -0.443 e. The minimum atomic E-state index is -0.444. The Labute approximate surface area is 82.9 Å². The van der Waals surface area contributed by atoms with Crippen molar-refractivity contribution in [2.24, 2.45) is 0 Å². The minimum absolute atomic E-state index is 0.0832. The highest BCUT2D eigenvalue weighted by atomic mass is 32.2. The highest BCUT2D eigenvalue weighted by molar-refractivity contribution is 7.93. The first kappa shape index (κ1) is 10.7. The Morgan fingerprint density at radius 2 is 2.23 bits per heavy atom. The molecule has 1 amide bonds. The van der Waals surface area contributed by atoms with Crippen LogP contribution in [-0.2, 0) is 8.92 Å². The van der Waals surface area contributed by atoms with Gasteiger partial charge in [-0.2, -0.15) is 0 Å². The summed E-state index contributed by atoms with van der Waals surface area (Å²) in [6.45, 7) is 8.01. The van der Waals surface area contributed by atoms with Crippen LogP contribution in [0.3, 0.4) is 0 Å². The number of rotatable bonds is 0. The van der Waals surface area contributed by atoms with Gasteiger partial charge in [0.2, 0.25) is 0 Å². The summed E-state index contributed by atoms with van der Waals surface area (Å²) in [5, 5.41) is 0. The fourth-order valence-corrected chi connectivity index (χ4v) is 1.52. The van der Waals surface area contributed by atoms with Crippen molar-refractivity contribution in [2.75, 3.05) is 6.61 Å². The third-order valence-corrected chi connectivity index (χ3v) is 2.33. The van der Waals surface area contributed by atoms with E-state index in [0.29, 0.717) is 6.61 Å². The molecule has 76 valence electrons. The van der Waals surface area contributed by atoms with Gasteiger partial charge in [-0.15, -0.1) is 0 Å². The van der Waals surface area contributed by atoms with Crippen LogP contribution in [0.4, 0.5) is 4.79 Å². The molecule has 0 spiro atoms. The largest absolute Gasteiger partial charge is 0.443 e. The standard InChI is InChI=1S/C8H15NO3S/c1-6-5-11-13-9(6)7(10)12-8(2,3)4/h6H,5H2,1-4H3/t6-/m0/s1. The Bertz CT molecular complexity index is 202. The molecule has 5 heteroatoms. The van der Waals surface area contributed by atoms with Gasteiger partial charge in [0.05, 0.1) is 12.6 Å². The van der Waals surface area contributed by atoms with E-state index in [9.17, 15) is 4.79 Å². The van der Waals surface area contributed by atoms with Crippen molar-refractivity contribution in [2.45, 2.75) is 39.3 Å². The van der Waals surface area contributed by atoms with Gasteiger partial charge in [-0.3, -0.25) is 4.18 Å². The van der Waals surface area contributed by atoms with Gasteiger partial charge in [-0.05, 0) is 27.7 Å². The molecule has 0 saturated carbocycles. The smallest absolute Gasteiger partial charge is 0.422 e. The third kappa shape index (κ3) is 3.08. The molecule has 1 aliphatic rings. The lowest BCUT2D eigenvalue weighted by Crippen LogP contribution is -2.35. The van der Waals surface area contributed by atoms with E-state index in [4.69, 9.17) is 8.92 Å². The number of hydrogen-bond donors (Lipinski definition) is 0. The molecule has 0 aliphatic carbocycles. The molecule has 1 atom stereocenters. The predicted molar refractivity (Wildman–Crippen MR) is 51.1 cm³/mol. The topological polar surface area (TPSA) is 38.8 Å². The maximum Gasteiger partial charge on any atom is 0.422 e. The van der Waals surface area contributed by atoms with Crippen LogP contribution in [0.1, 0.15) is 27.7 Å². The van der Waals surface area contributed by atoms with Crippen molar-refractivity contribution < 1.29 is 13.7 Å². The number of nitrogens with zero attached hydrogens (tertiary/aromatic N) is 1. The number of carbonyl (C=O) groups is 1. The van der Waals surface area contributed by atoms with E-state index < -0.39 is 5.60 Å². The number of ether oxygens (including phenoxy) is 1. The molecule has 1 heterocycles. The lowest BCUT2D eigenvalue weighted by atomic mass is 10.2. The molecule has 0 aromatic carbocycles. The van der Waals surface area contributed by atoms with Crippen LogP contribution in [0, 0.1) is 0 Å². The molecule has 1 aliphatic heterocycles. The average Bonchev–Trinajstić information content (AvgIpc) is 2.30. The zero-order valence-corrected chi connectivity index (χ0v) is 9.18. The number of hydrogen-bond acceptors (Lipinski definition) is 4. The van der Waals surface area contributed by atoms with Gasteiger partial charge in [0.25, 0.3) is 0 Å². The zero-order chi connectivity index (χ0) is 10.1. The Balaban J connectivity index is 2.48. The van der Waals surface area contributed by atoms with Gasteiger partial charge in [0.1, 0.15) is 17.8 Å². The average molecular weight is 205 g/mol. The quantitative estimate of drug-likeness (QED) is 0.449. The summed E-state index contributed by atoms with van der Waals surface area (Å²) in [4.78, 5) is 11.5. The molecule has 1 saturated heterocycles. The highest BCUT2D eigenvalue weighted by Gasteiger charge is 2.31. The van der Waals surface area contributed by atoms with Crippen LogP contribution in [0.5, 0.6) is 0 Å². The molecule has 1 rings (SSSR count). The maximum atomic E-state index is 11.5. The van der Waals surface area contributed by atoms with Crippen molar-refractivity contribution >= 4 is 18.3 Å². The first-order valence-electron chi connectivity index (χ1n) is 4.22. The second kappa shape index (κ2) is 3.75. The normalized spacial score (nSPS) is 23.4.